The second kappa shape index (κ2) is 8.72. The van der Waals surface area contributed by atoms with Crippen molar-refractivity contribution in [3.8, 4) is 5.75 Å². The Bertz CT molecular complexity index is 1320. The standard InChI is InChI=1S/C27H29N3O3S/c1-30(2)20-11-7-18(8-12-20)27-24-6-4-5-23(24)25-17-22(15-16-26(25)28-27)34(31,32)29-19-9-13-21(33-3)14-10-19/h4-5,7-17,23-24,27-29H,6H2,1-3H3. The summed E-state index contributed by atoms with van der Waals surface area (Å²) in [7, 11) is 1.93. The van der Waals surface area contributed by atoms with Crippen LogP contribution in [0.1, 0.15) is 29.5 Å². The van der Waals surface area contributed by atoms with Crippen molar-refractivity contribution in [1.82, 2.24) is 0 Å². The number of allylic oxidation sites excluding steroid dienone is 2. The van der Waals surface area contributed by atoms with Gasteiger partial charge in [0.1, 0.15) is 5.75 Å². The summed E-state index contributed by atoms with van der Waals surface area (Å²) in [6, 6.07) is 21.0. The van der Waals surface area contributed by atoms with E-state index >= 15 is 0 Å². The van der Waals surface area contributed by atoms with Crippen LogP contribution in [-0.4, -0.2) is 29.6 Å². The monoisotopic (exact) mass is 475 g/mol. The lowest BCUT2D eigenvalue weighted by Crippen LogP contribution is -2.29. The molecular weight excluding hydrogens is 446 g/mol. The SMILES string of the molecule is COc1ccc(NS(=O)(=O)c2ccc3c(c2)C2C=CCC2C(c2ccc(N(C)C)cc2)N3)cc1. The number of hydrogen-bond donors (Lipinski definition) is 2. The number of anilines is 3. The average Bonchev–Trinajstić information content (AvgIpc) is 3.34. The zero-order valence-electron chi connectivity index (χ0n) is 19.5. The third kappa shape index (κ3) is 4.12. The van der Waals surface area contributed by atoms with E-state index in [0.717, 1.165) is 17.7 Å². The van der Waals surface area contributed by atoms with E-state index in [1.54, 1.807) is 37.4 Å². The number of nitrogens with zero attached hydrogens (tertiary/aromatic N) is 1. The second-order valence-electron chi connectivity index (χ2n) is 9.04. The van der Waals surface area contributed by atoms with E-state index < -0.39 is 10.0 Å². The topological polar surface area (TPSA) is 70.7 Å². The van der Waals surface area contributed by atoms with E-state index in [9.17, 15) is 8.42 Å². The van der Waals surface area contributed by atoms with Crippen LogP contribution in [0.2, 0.25) is 0 Å². The molecule has 3 unspecified atom stereocenters. The second-order valence-corrected chi connectivity index (χ2v) is 10.7. The van der Waals surface area contributed by atoms with Gasteiger partial charge >= 0.3 is 0 Å². The van der Waals surface area contributed by atoms with Crippen molar-refractivity contribution in [1.29, 1.82) is 0 Å². The Morgan fingerprint density at radius 2 is 1.74 bits per heavy atom. The molecule has 3 aromatic carbocycles. The number of rotatable bonds is 6. The first-order chi connectivity index (χ1) is 16.4. The molecule has 5 rings (SSSR count). The molecule has 0 radical (unpaired) electrons. The molecule has 6 nitrogen and oxygen atoms in total. The average molecular weight is 476 g/mol. The molecule has 2 N–H and O–H groups in total. The molecule has 0 saturated heterocycles. The van der Waals surface area contributed by atoms with Gasteiger partial charge in [0.2, 0.25) is 0 Å². The van der Waals surface area contributed by atoms with Gasteiger partial charge in [-0.2, -0.15) is 0 Å². The fourth-order valence-electron chi connectivity index (χ4n) is 4.92. The van der Waals surface area contributed by atoms with E-state index in [0.29, 0.717) is 17.4 Å². The van der Waals surface area contributed by atoms with Gasteiger partial charge < -0.3 is 15.0 Å². The number of ether oxygens (including phenoxy) is 1. The van der Waals surface area contributed by atoms with Crippen molar-refractivity contribution in [3.05, 3.63) is 90.0 Å². The maximum atomic E-state index is 13.1. The highest BCUT2D eigenvalue weighted by Gasteiger charge is 2.38. The Kier molecular flexibility index (Phi) is 5.73. The lowest BCUT2D eigenvalue weighted by atomic mass is 9.77. The van der Waals surface area contributed by atoms with Crippen LogP contribution in [0.25, 0.3) is 0 Å². The minimum Gasteiger partial charge on any atom is -0.497 e. The zero-order chi connectivity index (χ0) is 23.9. The number of benzene rings is 3. The van der Waals surface area contributed by atoms with Crippen molar-refractivity contribution < 1.29 is 13.2 Å². The van der Waals surface area contributed by atoms with Crippen molar-refractivity contribution in [2.45, 2.75) is 23.3 Å². The first kappa shape index (κ1) is 22.3. The Morgan fingerprint density at radius 3 is 2.41 bits per heavy atom. The highest BCUT2D eigenvalue weighted by Crippen LogP contribution is 2.50. The van der Waals surface area contributed by atoms with Crippen LogP contribution in [0, 0.1) is 5.92 Å². The highest BCUT2D eigenvalue weighted by molar-refractivity contribution is 7.92. The normalized spacial score (nSPS) is 20.7. The third-order valence-corrected chi connectivity index (χ3v) is 8.13. The van der Waals surface area contributed by atoms with E-state index in [1.807, 2.05) is 26.2 Å². The van der Waals surface area contributed by atoms with Crippen molar-refractivity contribution in [2.75, 3.05) is 36.1 Å². The number of methoxy groups -OCH3 is 1. The van der Waals surface area contributed by atoms with Gasteiger partial charge in [0.05, 0.1) is 18.0 Å². The molecular formula is C27H29N3O3S. The number of hydrogen-bond acceptors (Lipinski definition) is 5. The lowest BCUT2D eigenvalue weighted by Gasteiger charge is -2.38. The molecule has 2 aliphatic rings. The minimum absolute atomic E-state index is 0.170. The molecule has 1 aliphatic carbocycles. The molecule has 0 saturated carbocycles. The molecule has 34 heavy (non-hydrogen) atoms. The quantitative estimate of drug-likeness (QED) is 0.468. The Hall–Kier alpha value is -3.45. The molecule has 0 aromatic heterocycles. The van der Waals surface area contributed by atoms with Gasteiger partial charge in [-0.3, -0.25) is 4.72 Å². The first-order valence-corrected chi connectivity index (χ1v) is 12.9. The largest absolute Gasteiger partial charge is 0.497 e. The molecule has 0 bridgehead atoms. The van der Waals surface area contributed by atoms with Gasteiger partial charge in [-0.05, 0) is 78.1 Å². The number of sulfonamides is 1. The predicted molar refractivity (Wildman–Crippen MR) is 137 cm³/mol. The molecule has 3 atom stereocenters. The third-order valence-electron chi connectivity index (χ3n) is 6.76. The van der Waals surface area contributed by atoms with E-state index in [4.69, 9.17) is 4.74 Å². The van der Waals surface area contributed by atoms with Crippen LogP contribution in [0.3, 0.4) is 0 Å². The van der Waals surface area contributed by atoms with Crippen molar-refractivity contribution >= 4 is 27.1 Å². The van der Waals surface area contributed by atoms with Gasteiger partial charge in [0, 0.05) is 37.1 Å². The summed E-state index contributed by atoms with van der Waals surface area (Å²) < 4.78 is 34.1. The number of fused-ring (bicyclic) bond motifs is 3. The molecule has 7 heteroatoms. The number of nitrogens with one attached hydrogen (secondary N) is 2. The van der Waals surface area contributed by atoms with E-state index in [-0.39, 0.29) is 16.9 Å². The molecule has 0 fully saturated rings. The van der Waals surface area contributed by atoms with Crippen LogP contribution >= 0.6 is 0 Å². The summed E-state index contributed by atoms with van der Waals surface area (Å²) in [4.78, 5) is 2.35. The Morgan fingerprint density at radius 1 is 1.00 bits per heavy atom. The van der Waals surface area contributed by atoms with Gasteiger partial charge in [0.25, 0.3) is 10.0 Å². The maximum Gasteiger partial charge on any atom is 0.261 e. The summed E-state index contributed by atoms with van der Waals surface area (Å²) in [5.74, 6) is 1.18. The van der Waals surface area contributed by atoms with Gasteiger partial charge in [-0.1, -0.05) is 24.3 Å². The van der Waals surface area contributed by atoms with Crippen molar-refractivity contribution in [3.63, 3.8) is 0 Å². The highest BCUT2D eigenvalue weighted by atomic mass is 32.2. The summed E-state index contributed by atoms with van der Waals surface area (Å²) in [6.07, 6.45) is 5.39. The first-order valence-electron chi connectivity index (χ1n) is 11.4. The lowest BCUT2D eigenvalue weighted by molar-refractivity contribution is 0.415. The van der Waals surface area contributed by atoms with Gasteiger partial charge in [0.15, 0.2) is 0 Å². The van der Waals surface area contributed by atoms with Crippen LogP contribution < -0.4 is 19.7 Å². The summed E-state index contributed by atoms with van der Waals surface area (Å²) >= 11 is 0. The Labute approximate surface area is 201 Å². The molecule has 1 heterocycles. The fraction of sp³-hybridized carbons (Fsp3) is 0.259. The summed E-state index contributed by atoms with van der Waals surface area (Å²) in [6.45, 7) is 0. The van der Waals surface area contributed by atoms with Gasteiger partial charge in [-0.15, -0.1) is 0 Å². The van der Waals surface area contributed by atoms with Gasteiger partial charge in [-0.25, -0.2) is 8.42 Å². The smallest absolute Gasteiger partial charge is 0.261 e. The fourth-order valence-corrected chi connectivity index (χ4v) is 6.02. The van der Waals surface area contributed by atoms with Crippen LogP contribution in [-0.2, 0) is 10.0 Å². The Balaban J connectivity index is 1.43. The molecule has 3 aromatic rings. The van der Waals surface area contributed by atoms with E-state index in [1.165, 1.54) is 11.3 Å². The van der Waals surface area contributed by atoms with Crippen molar-refractivity contribution in [2.24, 2.45) is 5.92 Å². The molecule has 0 spiro atoms. The van der Waals surface area contributed by atoms with Crippen LogP contribution in [0.4, 0.5) is 17.1 Å². The predicted octanol–water partition coefficient (Wildman–Crippen LogP) is 5.39. The minimum atomic E-state index is -3.72. The maximum absolute atomic E-state index is 13.1. The van der Waals surface area contributed by atoms with Crippen LogP contribution in [0.15, 0.2) is 83.8 Å². The summed E-state index contributed by atoms with van der Waals surface area (Å²) in [5, 5.41) is 3.69. The van der Waals surface area contributed by atoms with E-state index in [2.05, 4.69) is 51.4 Å². The molecule has 176 valence electrons. The molecule has 0 amide bonds. The van der Waals surface area contributed by atoms with Crippen LogP contribution in [0.5, 0.6) is 5.75 Å². The summed E-state index contributed by atoms with van der Waals surface area (Å²) in [5.41, 5.74) is 4.92. The zero-order valence-corrected chi connectivity index (χ0v) is 20.3. The molecule has 1 aliphatic heterocycles.